The molecule has 2 amide bonds. The van der Waals surface area contributed by atoms with Crippen LogP contribution in [0.5, 0.6) is 0 Å². The van der Waals surface area contributed by atoms with Crippen LogP contribution in [-0.4, -0.2) is 16.3 Å². The molecular weight excluding hydrogens is 435 g/mol. The minimum absolute atomic E-state index is 0.00124. The first kappa shape index (κ1) is 22.0. The number of alkyl halides is 3. The number of nitrogens with one attached hydrogen (secondary N) is 2. The molecule has 4 rings (SSSR count). The molecule has 0 aliphatic carbocycles. The van der Waals surface area contributed by atoms with Gasteiger partial charge in [-0.25, -0.2) is 4.79 Å². The molecule has 0 atom stereocenters. The Bertz CT molecular complexity index is 1270. The predicted octanol–water partition coefficient (Wildman–Crippen LogP) is 5.04. The second kappa shape index (κ2) is 9.11. The van der Waals surface area contributed by atoms with Gasteiger partial charge in [0.25, 0.3) is 6.20 Å². The number of benzene rings is 2. The molecule has 168 valence electrons. The molecule has 2 heterocycles. The number of aryl methyl sites for hydroxylation is 1. The molecule has 0 saturated carbocycles. The number of anilines is 2. The van der Waals surface area contributed by atoms with Crippen LogP contribution in [0.25, 0.3) is 11.1 Å². The van der Waals surface area contributed by atoms with Gasteiger partial charge in [0.1, 0.15) is 0 Å². The summed E-state index contributed by atoms with van der Waals surface area (Å²) in [5.74, 6) is 0.0436. The van der Waals surface area contributed by atoms with E-state index < -0.39 is 17.8 Å². The fourth-order valence-electron chi connectivity index (χ4n) is 3.20. The number of nitrogens with zero attached hydrogens (tertiary/aromatic N) is 3. The Morgan fingerprint density at radius 1 is 1.09 bits per heavy atom. The van der Waals surface area contributed by atoms with Crippen LogP contribution in [0, 0.1) is 6.92 Å². The van der Waals surface area contributed by atoms with E-state index in [1.54, 1.807) is 6.20 Å². The molecule has 0 saturated heterocycles. The smallest absolute Gasteiger partial charge is 0.308 e. The number of aromatic nitrogens is 3. The van der Waals surface area contributed by atoms with Gasteiger partial charge in [0.2, 0.25) is 11.8 Å². The largest absolute Gasteiger partial charge is 0.416 e. The second-order valence-corrected chi connectivity index (χ2v) is 7.31. The average Bonchev–Trinajstić information content (AvgIpc) is 3.21. The van der Waals surface area contributed by atoms with E-state index in [9.17, 15) is 18.0 Å². The molecule has 2 aromatic carbocycles. The minimum Gasteiger partial charge on any atom is -0.308 e. The first-order valence-corrected chi connectivity index (χ1v) is 9.89. The molecule has 0 unspecified atom stereocenters. The molecule has 33 heavy (non-hydrogen) atoms. The maximum atomic E-state index is 12.8. The number of hydrogen-bond acceptors (Lipinski definition) is 4. The van der Waals surface area contributed by atoms with Crippen LogP contribution in [0.3, 0.4) is 0 Å². The molecule has 0 spiro atoms. The van der Waals surface area contributed by atoms with Gasteiger partial charge in [0.05, 0.1) is 5.56 Å². The Morgan fingerprint density at radius 3 is 2.61 bits per heavy atom. The molecule has 7 nitrogen and oxygen atoms in total. The molecule has 0 aliphatic rings. The summed E-state index contributed by atoms with van der Waals surface area (Å²) in [6.45, 7) is 2.42. The number of rotatable bonds is 5. The molecule has 2 aromatic heterocycles. The minimum atomic E-state index is -4.50. The predicted molar refractivity (Wildman–Crippen MR) is 114 cm³/mol. The van der Waals surface area contributed by atoms with Crippen LogP contribution in [0.15, 0.2) is 77.7 Å². The highest BCUT2D eigenvalue weighted by molar-refractivity contribution is 5.98. The lowest BCUT2D eigenvalue weighted by atomic mass is 10.0. The normalized spacial score (nSPS) is 11.3. The summed E-state index contributed by atoms with van der Waals surface area (Å²) in [6.07, 6.45) is 0.545. The first-order chi connectivity index (χ1) is 15.8. The molecule has 2 N–H and O–H groups in total. The Morgan fingerprint density at radius 2 is 1.88 bits per heavy atom. The van der Waals surface area contributed by atoms with Crippen LogP contribution in [0.1, 0.15) is 16.7 Å². The lowest BCUT2D eigenvalue weighted by Gasteiger charge is -2.09. The van der Waals surface area contributed by atoms with Crippen molar-refractivity contribution in [1.82, 2.24) is 10.3 Å². The third-order valence-electron chi connectivity index (χ3n) is 4.84. The van der Waals surface area contributed by atoms with Crippen LogP contribution in [-0.2, 0) is 12.7 Å². The van der Waals surface area contributed by atoms with Gasteiger partial charge >= 0.3 is 18.1 Å². The summed E-state index contributed by atoms with van der Waals surface area (Å²) in [5.41, 5.74) is 3.32. The zero-order valence-electron chi connectivity index (χ0n) is 17.4. The van der Waals surface area contributed by atoms with E-state index in [2.05, 4.69) is 20.9 Å². The number of carbonyl (C=O) groups excluding carboxylic acids is 1. The van der Waals surface area contributed by atoms with E-state index in [-0.39, 0.29) is 11.6 Å². The van der Waals surface area contributed by atoms with E-state index >= 15 is 0 Å². The van der Waals surface area contributed by atoms with Crippen molar-refractivity contribution in [2.24, 2.45) is 0 Å². The van der Waals surface area contributed by atoms with Gasteiger partial charge in [-0.3, -0.25) is 14.8 Å². The highest BCUT2D eigenvalue weighted by atomic mass is 19.4. The van der Waals surface area contributed by atoms with Gasteiger partial charge in [0.15, 0.2) is 0 Å². The van der Waals surface area contributed by atoms with E-state index in [0.717, 1.165) is 34.4 Å². The van der Waals surface area contributed by atoms with Crippen molar-refractivity contribution in [3.05, 3.63) is 89.9 Å². The van der Waals surface area contributed by atoms with Gasteiger partial charge in [-0.1, -0.05) is 30.3 Å². The van der Waals surface area contributed by atoms with E-state index in [1.807, 2.05) is 43.5 Å². The summed E-state index contributed by atoms with van der Waals surface area (Å²) in [4.78, 5) is 16.3. The number of urea groups is 1. The van der Waals surface area contributed by atoms with Crippen molar-refractivity contribution >= 4 is 17.6 Å². The van der Waals surface area contributed by atoms with Gasteiger partial charge in [-0.2, -0.15) is 13.2 Å². The maximum absolute atomic E-state index is 12.8. The number of amides is 2. The molecule has 10 heteroatoms. The highest BCUT2D eigenvalue weighted by Gasteiger charge is 2.30. The van der Waals surface area contributed by atoms with Crippen LogP contribution in [0.4, 0.5) is 29.5 Å². The summed E-state index contributed by atoms with van der Waals surface area (Å²) in [5, 5.41) is 8.59. The third-order valence-corrected chi connectivity index (χ3v) is 4.84. The zero-order chi connectivity index (χ0) is 23.4. The second-order valence-electron chi connectivity index (χ2n) is 7.31. The highest BCUT2D eigenvalue weighted by Crippen LogP contribution is 2.30. The number of halogens is 3. The van der Waals surface area contributed by atoms with E-state index in [0.29, 0.717) is 6.54 Å². The fraction of sp³-hybridized carbons (Fsp3) is 0.130. The van der Waals surface area contributed by atoms with Crippen molar-refractivity contribution in [2.75, 3.05) is 10.6 Å². The van der Waals surface area contributed by atoms with Crippen LogP contribution in [0.2, 0.25) is 0 Å². The third kappa shape index (κ3) is 5.53. The Hall–Kier alpha value is -4.21. The van der Waals surface area contributed by atoms with Crippen molar-refractivity contribution < 1.29 is 27.2 Å². The number of carbonyl (C=O) groups is 1. The van der Waals surface area contributed by atoms with Crippen molar-refractivity contribution in [2.45, 2.75) is 19.6 Å². The van der Waals surface area contributed by atoms with E-state index in [1.165, 1.54) is 23.0 Å². The summed E-state index contributed by atoms with van der Waals surface area (Å²) < 4.78 is 45.0. The Kier molecular flexibility index (Phi) is 6.07. The average molecular weight is 454 g/mol. The summed E-state index contributed by atoms with van der Waals surface area (Å²) >= 11 is 0. The zero-order valence-corrected chi connectivity index (χ0v) is 17.4. The standard InChI is InChI=1S/C23H18F3N5O2/c1-15-9-10-27-12-20(15)17-7-5-16(6-8-17)13-31-14-21(33-30-31)29-22(32)28-19-4-2-3-18(11-19)23(24,25)26/h2-12,14H,13H2,1H3,(H-,28,29,30,32)/p+1. The van der Waals surface area contributed by atoms with Crippen molar-refractivity contribution in [3.8, 4) is 11.1 Å². The monoisotopic (exact) mass is 454 g/mol. The quantitative estimate of drug-likeness (QED) is 0.414. The summed E-state index contributed by atoms with van der Waals surface area (Å²) in [6, 6.07) is 13.4. The molecule has 4 aromatic rings. The topological polar surface area (TPSA) is 83.9 Å². The molecule has 0 bridgehead atoms. The lowest BCUT2D eigenvalue weighted by Crippen LogP contribution is -2.35. The van der Waals surface area contributed by atoms with Crippen molar-refractivity contribution in [1.29, 1.82) is 0 Å². The number of hydrogen-bond donors (Lipinski definition) is 2. The maximum Gasteiger partial charge on any atom is 0.416 e. The summed E-state index contributed by atoms with van der Waals surface area (Å²) in [7, 11) is 0. The number of pyridine rings is 1. The molecule has 0 radical (unpaired) electrons. The lowest BCUT2D eigenvalue weighted by molar-refractivity contribution is -0.754. The Labute approximate surface area is 186 Å². The van der Waals surface area contributed by atoms with Gasteiger partial charge in [-0.15, -0.1) is 0 Å². The van der Waals surface area contributed by atoms with Gasteiger partial charge < -0.3 is 5.32 Å². The van der Waals surface area contributed by atoms with Gasteiger partial charge in [-0.05, 0) is 47.0 Å². The van der Waals surface area contributed by atoms with Gasteiger partial charge in [0, 0.05) is 29.2 Å². The van der Waals surface area contributed by atoms with Crippen LogP contribution >= 0.6 is 0 Å². The molecule has 0 aliphatic heterocycles. The van der Waals surface area contributed by atoms with Crippen molar-refractivity contribution in [3.63, 3.8) is 0 Å². The van der Waals surface area contributed by atoms with Crippen LogP contribution < -0.4 is 15.3 Å². The molecule has 0 fully saturated rings. The molecular formula is C23H19F3N5O2+. The SMILES string of the molecule is Cc1ccncc1-c1ccc(C[n+]2cc(NC(=O)Nc3cccc(C(F)(F)F)c3)on2)cc1. The first-order valence-electron chi connectivity index (χ1n) is 9.89. The Balaban J connectivity index is 1.36. The van der Waals surface area contributed by atoms with E-state index in [4.69, 9.17) is 4.52 Å². The fourth-order valence-corrected chi connectivity index (χ4v) is 3.20.